The number of urea groups is 1. The molecule has 1 unspecified atom stereocenters. The molecule has 1 aliphatic heterocycles. The van der Waals surface area contributed by atoms with E-state index in [-0.39, 0.29) is 6.10 Å². The molecule has 1 heterocycles. The SMILES string of the molecule is CCC[C@@H](NC(=O)NCCC1CCCO1)C(=O)O. The summed E-state index contributed by atoms with van der Waals surface area (Å²) in [6.45, 7) is 3.19. The minimum atomic E-state index is -0.994. The van der Waals surface area contributed by atoms with Crippen LogP contribution in [0, 0.1) is 0 Å². The van der Waals surface area contributed by atoms with Gasteiger partial charge in [-0.25, -0.2) is 9.59 Å². The average molecular weight is 258 g/mol. The molecular weight excluding hydrogens is 236 g/mol. The lowest BCUT2D eigenvalue weighted by atomic mass is 10.2. The third-order valence-corrected chi connectivity index (χ3v) is 2.96. The van der Waals surface area contributed by atoms with Crippen molar-refractivity contribution in [1.29, 1.82) is 0 Å². The number of nitrogens with one attached hydrogen (secondary N) is 2. The van der Waals surface area contributed by atoms with Crippen LogP contribution in [0.2, 0.25) is 0 Å². The number of amides is 2. The van der Waals surface area contributed by atoms with Crippen LogP contribution in [0.1, 0.15) is 39.0 Å². The number of hydrogen-bond acceptors (Lipinski definition) is 3. The van der Waals surface area contributed by atoms with E-state index in [1.165, 1.54) is 0 Å². The van der Waals surface area contributed by atoms with Crippen molar-refractivity contribution in [2.45, 2.75) is 51.2 Å². The third kappa shape index (κ3) is 5.35. The lowest BCUT2D eigenvalue weighted by molar-refractivity contribution is -0.139. The fourth-order valence-corrected chi connectivity index (χ4v) is 1.97. The quantitative estimate of drug-likeness (QED) is 0.638. The summed E-state index contributed by atoms with van der Waals surface area (Å²) in [5.41, 5.74) is 0. The zero-order valence-corrected chi connectivity index (χ0v) is 10.8. The normalized spacial score (nSPS) is 20.4. The fraction of sp³-hybridized carbons (Fsp3) is 0.833. The molecule has 1 fully saturated rings. The molecule has 1 rings (SSSR count). The molecule has 2 atom stereocenters. The van der Waals surface area contributed by atoms with E-state index in [9.17, 15) is 9.59 Å². The van der Waals surface area contributed by atoms with Crippen molar-refractivity contribution < 1.29 is 19.4 Å². The highest BCUT2D eigenvalue weighted by molar-refractivity contribution is 5.82. The molecule has 0 aliphatic carbocycles. The Bertz CT molecular complexity index is 277. The van der Waals surface area contributed by atoms with Gasteiger partial charge in [-0.1, -0.05) is 13.3 Å². The second-order valence-electron chi connectivity index (χ2n) is 4.50. The van der Waals surface area contributed by atoms with Crippen molar-refractivity contribution in [2.75, 3.05) is 13.2 Å². The van der Waals surface area contributed by atoms with Crippen LogP contribution in [-0.2, 0) is 9.53 Å². The summed E-state index contributed by atoms with van der Waals surface area (Å²) in [6, 6.07) is -1.23. The van der Waals surface area contributed by atoms with Crippen LogP contribution >= 0.6 is 0 Å². The zero-order chi connectivity index (χ0) is 13.4. The predicted octanol–water partition coefficient (Wildman–Crippen LogP) is 1.11. The van der Waals surface area contributed by atoms with Crippen LogP contribution in [0.15, 0.2) is 0 Å². The van der Waals surface area contributed by atoms with Gasteiger partial charge in [0.15, 0.2) is 0 Å². The summed E-state index contributed by atoms with van der Waals surface area (Å²) < 4.78 is 5.43. The van der Waals surface area contributed by atoms with E-state index in [1.807, 2.05) is 6.92 Å². The molecule has 0 bridgehead atoms. The Kier molecular flexibility index (Phi) is 6.49. The average Bonchev–Trinajstić information content (AvgIpc) is 2.81. The zero-order valence-electron chi connectivity index (χ0n) is 10.8. The van der Waals surface area contributed by atoms with Gasteiger partial charge in [-0.2, -0.15) is 0 Å². The number of carboxylic acids is 1. The Hall–Kier alpha value is -1.30. The first-order chi connectivity index (χ1) is 8.63. The van der Waals surface area contributed by atoms with Gasteiger partial charge in [-0.15, -0.1) is 0 Å². The molecule has 0 aromatic heterocycles. The topological polar surface area (TPSA) is 87.7 Å². The largest absolute Gasteiger partial charge is 0.480 e. The summed E-state index contributed by atoms with van der Waals surface area (Å²) in [6.07, 6.45) is 4.28. The van der Waals surface area contributed by atoms with Gasteiger partial charge >= 0.3 is 12.0 Å². The minimum absolute atomic E-state index is 0.233. The maximum absolute atomic E-state index is 11.5. The molecule has 0 aromatic carbocycles. The number of rotatable bonds is 7. The van der Waals surface area contributed by atoms with Gasteiger partial charge in [0, 0.05) is 13.2 Å². The highest BCUT2D eigenvalue weighted by Gasteiger charge is 2.19. The van der Waals surface area contributed by atoms with E-state index >= 15 is 0 Å². The smallest absolute Gasteiger partial charge is 0.326 e. The summed E-state index contributed by atoms with van der Waals surface area (Å²) in [4.78, 5) is 22.3. The van der Waals surface area contributed by atoms with E-state index in [4.69, 9.17) is 9.84 Å². The predicted molar refractivity (Wildman–Crippen MR) is 66.5 cm³/mol. The van der Waals surface area contributed by atoms with Crippen LogP contribution in [-0.4, -0.2) is 42.4 Å². The molecule has 1 aliphatic rings. The number of ether oxygens (including phenoxy) is 1. The van der Waals surface area contributed by atoms with E-state index in [0.717, 1.165) is 25.9 Å². The van der Waals surface area contributed by atoms with Crippen molar-refractivity contribution in [2.24, 2.45) is 0 Å². The highest BCUT2D eigenvalue weighted by atomic mass is 16.5. The number of hydrogen-bond donors (Lipinski definition) is 3. The molecule has 104 valence electrons. The molecule has 0 saturated carbocycles. The van der Waals surface area contributed by atoms with Crippen molar-refractivity contribution >= 4 is 12.0 Å². The van der Waals surface area contributed by atoms with Crippen molar-refractivity contribution in [3.05, 3.63) is 0 Å². The Morgan fingerprint density at radius 2 is 2.28 bits per heavy atom. The molecular formula is C12H22N2O4. The standard InChI is InChI=1S/C12H22N2O4/c1-2-4-10(11(15)16)14-12(17)13-7-6-9-5-3-8-18-9/h9-10H,2-8H2,1H3,(H,15,16)(H2,13,14,17)/t9?,10-/m1/s1. The fourth-order valence-electron chi connectivity index (χ4n) is 1.97. The Morgan fingerprint density at radius 3 is 2.83 bits per heavy atom. The van der Waals surface area contributed by atoms with E-state index < -0.39 is 18.0 Å². The van der Waals surface area contributed by atoms with Gasteiger partial charge in [0.25, 0.3) is 0 Å². The number of carbonyl (C=O) groups excluding carboxylic acids is 1. The van der Waals surface area contributed by atoms with Crippen LogP contribution in [0.25, 0.3) is 0 Å². The van der Waals surface area contributed by atoms with Gasteiger partial charge in [0.2, 0.25) is 0 Å². The second kappa shape index (κ2) is 7.92. The Balaban J connectivity index is 2.16. The first kappa shape index (κ1) is 14.8. The van der Waals surface area contributed by atoms with Crippen LogP contribution < -0.4 is 10.6 Å². The molecule has 2 amide bonds. The van der Waals surface area contributed by atoms with E-state index in [2.05, 4.69) is 10.6 Å². The first-order valence-corrected chi connectivity index (χ1v) is 6.52. The summed E-state index contributed by atoms with van der Waals surface area (Å²) in [5.74, 6) is -0.994. The van der Waals surface area contributed by atoms with Crippen molar-refractivity contribution in [3.63, 3.8) is 0 Å². The molecule has 6 nitrogen and oxygen atoms in total. The maximum Gasteiger partial charge on any atom is 0.326 e. The monoisotopic (exact) mass is 258 g/mol. The molecule has 1 saturated heterocycles. The molecule has 0 aromatic rings. The molecule has 3 N–H and O–H groups in total. The number of aliphatic carboxylic acids is 1. The third-order valence-electron chi connectivity index (χ3n) is 2.96. The Morgan fingerprint density at radius 1 is 1.50 bits per heavy atom. The summed E-state index contributed by atoms with van der Waals surface area (Å²) in [7, 11) is 0. The maximum atomic E-state index is 11.5. The summed E-state index contributed by atoms with van der Waals surface area (Å²) in [5, 5.41) is 14.0. The van der Waals surface area contributed by atoms with Crippen LogP contribution in [0.5, 0.6) is 0 Å². The molecule has 0 spiro atoms. The molecule has 0 radical (unpaired) electrons. The number of carbonyl (C=O) groups is 2. The minimum Gasteiger partial charge on any atom is -0.480 e. The van der Waals surface area contributed by atoms with Crippen molar-refractivity contribution in [1.82, 2.24) is 10.6 Å². The van der Waals surface area contributed by atoms with E-state index in [1.54, 1.807) is 0 Å². The lowest BCUT2D eigenvalue weighted by Crippen LogP contribution is -2.46. The van der Waals surface area contributed by atoms with Gasteiger partial charge in [0.1, 0.15) is 6.04 Å². The van der Waals surface area contributed by atoms with Gasteiger partial charge in [-0.3, -0.25) is 0 Å². The first-order valence-electron chi connectivity index (χ1n) is 6.52. The molecule has 6 heteroatoms. The highest BCUT2D eigenvalue weighted by Crippen LogP contribution is 2.14. The second-order valence-corrected chi connectivity index (χ2v) is 4.50. The van der Waals surface area contributed by atoms with Gasteiger partial charge in [-0.05, 0) is 25.7 Å². The lowest BCUT2D eigenvalue weighted by Gasteiger charge is -2.15. The Labute approximate surface area is 107 Å². The van der Waals surface area contributed by atoms with Crippen molar-refractivity contribution in [3.8, 4) is 0 Å². The van der Waals surface area contributed by atoms with Gasteiger partial charge in [0.05, 0.1) is 6.10 Å². The van der Waals surface area contributed by atoms with E-state index in [0.29, 0.717) is 19.4 Å². The van der Waals surface area contributed by atoms with Gasteiger partial charge < -0.3 is 20.5 Å². The van der Waals surface area contributed by atoms with Crippen LogP contribution in [0.3, 0.4) is 0 Å². The summed E-state index contributed by atoms with van der Waals surface area (Å²) >= 11 is 0. The van der Waals surface area contributed by atoms with Crippen LogP contribution in [0.4, 0.5) is 4.79 Å². The number of carboxylic acid groups (broad SMARTS) is 1. The molecule has 18 heavy (non-hydrogen) atoms.